The topological polar surface area (TPSA) is 68.2 Å². The van der Waals surface area contributed by atoms with Crippen molar-refractivity contribution in [2.24, 2.45) is 11.7 Å². The van der Waals surface area contributed by atoms with Gasteiger partial charge in [0.25, 0.3) is 0 Å². The third kappa shape index (κ3) is 2.84. The van der Waals surface area contributed by atoms with Crippen LogP contribution in [0, 0.1) is 5.92 Å². The number of aromatic nitrogens is 2. The van der Waals surface area contributed by atoms with Crippen molar-refractivity contribution in [3.63, 3.8) is 0 Å². The fourth-order valence-electron chi connectivity index (χ4n) is 2.71. The molecule has 17 heavy (non-hydrogen) atoms. The lowest BCUT2D eigenvalue weighted by Crippen LogP contribution is -2.37. The summed E-state index contributed by atoms with van der Waals surface area (Å²) in [6.07, 6.45) is 4.56. The number of nitrogens with zero attached hydrogens (tertiary/aromatic N) is 3. The summed E-state index contributed by atoms with van der Waals surface area (Å²) in [5.74, 6) is 2.12. The molecule has 1 heterocycles. The quantitative estimate of drug-likeness (QED) is 0.834. The molecule has 5 heteroatoms. The van der Waals surface area contributed by atoms with Crippen LogP contribution >= 0.6 is 0 Å². The highest BCUT2D eigenvalue weighted by Crippen LogP contribution is 2.28. The van der Waals surface area contributed by atoms with Crippen molar-refractivity contribution in [2.45, 2.75) is 45.2 Å². The largest absolute Gasteiger partial charge is 0.339 e. The Bertz CT molecular complexity index is 352. The third-order valence-corrected chi connectivity index (χ3v) is 3.69. The molecule has 1 aromatic rings. The van der Waals surface area contributed by atoms with Crippen molar-refractivity contribution in [3.05, 3.63) is 11.7 Å². The summed E-state index contributed by atoms with van der Waals surface area (Å²) in [4.78, 5) is 6.65. The van der Waals surface area contributed by atoms with Gasteiger partial charge in [-0.1, -0.05) is 18.5 Å². The predicted molar refractivity (Wildman–Crippen MR) is 65.3 cm³/mol. The Morgan fingerprint density at radius 2 is 2.29 bits per heavy atom. The fraction of sp³-hybridized carbons (Fsp3) is 0.833. The van der Waals surface area contributed by atoms with E-state index >= 15 is 0 Å². The Kier molecular flexibility index (Phi) is 4.12. The van der Waals surface area contributed by atoms with Crippen molar-refractivity contribution in [1.82, 2.24) is 15.0 Å². The molecule has 0 bridgehead atoms. The molecular weight excluding hydrogens is 216 g/mol. The molecule has 2 atom stereocenters. The van der Waals surface area contributed by atoms with E-state index in [1.807, 2.05) is 6.92 Å². The summed E-state index contributed by atoms with van der Waals surface area (Å²) >= 11 is 0. The fourth-order valence-corrected chi connectivity index (χ4v) is 2.71. The smallest absolute Gasteiger partial charge is 0.226 e. The Balaban J connectivity index is 1.93. The van der Waals surface area contributed by atoms with Crippen LogP contribution in [-0.2, 0) is 13.0 Å². The van der Waals surface area contributed by atoms with Gasteiger partial charge in [0, 0.05) is 12.5 Å². The van der Waals surface area contributed by atoms with Crippen LogP contribution in [0.3, 0.4) is 0 Å². The van der Waals surface area contributed by atoms with E-state index in [4.69, 9.17) is 10.3 Å². The Morgan fingerprint density at radius 3 is 2.94 bits per heavy atom. The minimum atomic E-state index is 0.573. The van der Waals surface area contributed by atoms with E-state index in [0.717, 1.165) is 31.2 Å². The van der Waals surface area contributed by atoms with Gasteiger partial charge in [-0.15, -0.1) is 0 Å². The molecule has 1 fully saturated rings. The first-order valence-corrected chi connectivity index (χ1v) is 6.46. The Morgan fingerprint density at radius 1 is 1.47 bits per heavy atom. The van der Waals surface area contributed by atoms with E-state index < -0.39 is 0 Å². The molecule has 1 aliphatic carbocycles. The number of rotatable bonds is 5. The Labute approximate surface area is 102 Å². The van der Waals surface area contributed by atoms with Crippen LogP contribution in [0.25, 0.3) is 0 Å². The van der Waals surface area contributed by atoms with Crippen LogP contribution in [0.2, 0.25) is 0 Å². The van der Waals surface area contributed by atoms with Crippen molar-refractivity contribution in [1.29, 1.82) is 0 Å². The molecule has 0 aromatic carbocycles. The van der Waals surface area contributed by atoms with E-state index in [2.05, 4.69) is 22.1 Å². The van der Waals surface area contributed by atoms with Crippen molar-refractivity contribution < 1.29 is 4.52 Å². The maximum absolute atomic E-state index is 5.80. The van der Waals surface area contributed by atoms with Crippen LogP contribution in [-0.4, -0.2) is 34.7 Å². The molecule has 1 aliphatic rings. The normalized spacial score (nSPS) is 24.7. The molecule has 0 radical (unpaired) electrons. The van der Waals surface area contributed by atoms with E-state index in [-0.39, 0.29) is 0 Å². The summed E-state index contributed by atoms with van der Waals surface area (Å²) in [6.45, 7) is 3.55. The van der Waals surface area contributed by atoms with E-state index in [1.165, 1.54) is 19.3 Å². The molecule has 0 aliphatic heterocycles. The van der Waals surface area contributed by atoms with E-state index in [9.17, 15) is 0 Å². The molecule has 5 nitrogen and oxygen atoms in total. The highest BCUT2D eigenvalue weighted by molar-refractivity contribution is 4.90. The van der Waals surface area contributed by atoms with Crippen molar-refractivity contribution >= 4 is 0 Å². The molecule has 2 rings (SSSR count). The van der Waals surface area contributed by atoms with Crippen LogP contribution in [0.15, 0.2) is 4.52 Å². The monoisotopic (exact) mass is 238 g/mol. The molecule has 2 unspecified atom stereocenters. The van der Waals surface area contributed by atoms with Crippen molar-refractivity contribution in [3.8, 4) is 0 Å². The highest BCUT2D eigenvalue weighted by Gasteiger charge is 2.29. The van der Waals surface area contributed by atoms with Gasteiger partial charge in [0.05, 0.1) is 6.54 Å². The van der Waals surface area contributed by atoms with E-state index in [0.29, 0.717) is 12.0 Å². The maximum atomic E-state index is 5.80. The molecule has 1 saturated carbocycles. The average molecular weight is 238 g/mol. The summed E-state index contributed by atoms with van der Waals surface area (Å²) in [6, 6.07) is 0.573. The van der Waals surface area contributed by atoms with Crippen LogP contribution < -0.4 is 5.73 Å². The second kappa shape index (κ2) is 5.60. The first-order valence-electron chi connectivity index (χ1n) is 6.46. The number of hydrogen-bond acceptors (Lipinski definition) is 5. The number of aryl methyl sites for hydroxylation is 1. The number of hydrogen-bond donors (Lipinski definition) is 1. The first-order chi connectivity index (χ1) is 8.24. The average Bonchev–Trinajstić information content (AvgIpc) is 2.96. The summed E-state index contributed by atoms with van der Waals surface area (Å²) < 4.78 is 5.12. The first kappa shape index (κ1) is 12.5. The van der Waals surface area contributed by atoms with Gasteiger partial charge in [-0.25, -0.2) is 0 Å². The second-order valence-corrected chi connectivity index (χ2v) is 4.87. The second-order valence-electron chi connectivity index (χ2n) is 4.87. The zero-order valence-corrected chi connectivity index (χ0v) is 10.7. The van der Waals surface area contributed by atoms with Gasteiger partial charge in [-0.05, 0) is 32.4 Å². The van der Waals surface area contributed by atoms with Gasteiger partial charge in [-0.2, -0.15) is 4.98 Å². The highest BCUT2D eigenvalue weighted by atomic mass is 16.5. The van der Waals surface area contributed by atoms with E-state index in [1.54, 1.807) is 0 Å². The lowest BCUT2D eigenvalue weighted by Gasteiger charge is -2.27. The summed E-state index contributed by atoms with van der Waals surface area (Å²) in [5.41, 5.74) is 5.80. The summed E-state index contributed by atoms with van der Waals surface area (Å²) in [5, 5.41) is 3.99. The standard InChI is InChI=1S/C12H22N4O/c1-3-12-14-11(15-17-12)8-16(2)10-6-4-5-9(10)7-13/h9-10H,3-8,13H2,1-2H3. The molecule has 0 saturated heterocycles. The van der Waals surface area contributed by atoms with Gasteiger partial charge in [0.15, 0.2) is 5.82 Å². The number of nitrogens with two attached hydrogens (primary N) is 1. The van der Waals surface area contributed by atoms with Gasteiger partial charge in [0.2, 0.25) is 5.89 Å². The van der Waals surface area contributed by atoms with Crippen molar-refractivity contribution in [2.75, 3.05) is 13.6 Å². The van der Waals surface area contributed by atoms with Gasteiger partial charge >= 0.3 is 0 Å². The molecule has 96 valence electrons. The van der Waals surface area contributed by atoms with Gasteiger partial charge < -0.3 is 10.3 Å². The maximum Gasteiger partial charge on any atom is 0.226 e. The zero-order chi connectivity index (χ0) is 12.3. The molecule has 1 aromatic heterocycles. The minimum absolute atomic E-state index is 0.573. The lowest BCUT2D eigenvalue weighted by atomic mass is 10.0. The minimum Gasteiger partial charge on any atom is -0.339 e. The summed E-state index contributed by atoms with van der Waals surface area (Å²) in [7, 11) is 2.13. The zero-order valence-electron chi connectivity index (χ0n) is 10.7. The van der Waals surface area contributed by atoms with Crippen LogP contribution in [0.5, 0.6) is 0 Å². The predicted octanol–water partition coefficient (Wildman–Crippen LogP) is 1.19. The van der Waals surface area contributed by atoms with Gasteiger partial charge in [0.1, 0.15) is 0 Å². The van der Waals surface area contributed by atoms with Crippen LogP contribution in [0.1, 0.15) is 37.9 Å². The lowest BCUT2D eigenvalue weighted by molar-refractivity contribution is 0.186. The molecule has 0 amide bonds. The molecular formula is C12H22N4O. The SMILES string of the molecule is CCc1nc(CN(C)C2CCCC2CN)no1. The Hall–Kier alpha value is -0.940. The molecule has 0 spiro atoms. The third-order valence-electron chi connectivity index (χ3n) is 3.69. The molecule has 2 N–H and O–H groups in total. The van der Waals surface area contributed by atoms with Gasteiger partial charge in [-0.3, -0.25) is 4.90 Å². The van der Waals surface area contributed by atoms with Crippen LogP contribution in [0.4, 0.5) is 0 Å².